The van der Waals surface area contributed by atoms with E-state index in [-0.39, 0.29) is 0 Å². The first-order chi connectivity index (χ1) is 4.73. The van der Waals surface area contributed by atoms with Gasteiger partial charge in [0, 0.05) is 0 Å². The lowest BCUT2D eigenvalue weighted by Gasteiger charge is -1.76. The molecule has 4 heteroatoms. The van der Waals surface area contributed by atoms with Crippen molar-refractivity contribution >= 4 is 8.60 Å². The van der Waals surface area contributed by atoms with Gasteiger partial charge in [-0.05, 0) is 0 Å². The topological polar surface area (TPSA) is 60.7 Å². The van der Waals surface area contributed by atoms with E-state index in [2.05, 4.69) is 0 Å². The van der Waals surface area contributed by atoms with Crippen LogP contribution in [0, 0.1) is 0 Å². The normalized spacial score (nSPS) is 8.40. The molecule has 0 heterocycles. The standard InChI is InChI=1S/C6H6.H3O3P/c1-2-4-6-5-3-1;1-4(2)3/h1-6H;1-3H. The van der Waals surface area contributed by atoms with Crippen molar-refractivity contribution < 1.29 is 14.7 Å². The summed E-state index contributed by atoms with van der Waals surface area (Å²) in [6, 6.07) is 12.0. The van der Waals surface area contributed by atoms with Crippen LogP contribution in [0.2, 0.25) is 0 Å². The van der Waals surface area contributed by atoms with Crippen LogP contribution in [0.15, 0.2) is 36.4 Å². The van der Waals surface area contributed by atoms with Gasteiger partial charge in [-0.3, -0.25) is 0 Å². The van der Waals surface area contributed by atoms with E-state index in [1.807, 2.05) is 36.4 Å². The van der Waals surface area contributed by atoms with Crippen LogP contribution in [0.1, 0.15) is 0 Å². The fraction of sp³-hybridized carbons (Fsp3) is 0. The van der Waals surface area contributed by atoms with Crippen LogP contribution in [0.3, 0.4) is 0 Å². The van der Waals surface area contributed by atoms with Crippen LogP contribution >= 0.6 is 8.60 Å². The van der Waals surface area contributed by atoms with Gasteiger partial charge in [0.15, 0.2) is 0 Å². The Morgan fingerprint density at radius 3 is 0.800 bits per heavy atom. The molecular weight excluding hydrogens is 151 g/mol. The Balaban J connectivity index is 0.000000180. The summed E-state index contributed by atoms with van der Waals surface area (Å²) in [6.07, 6.45) is 0. The van der Waals surface area contributed by atoms with Crippen LogP contribution in [0.4, 0.5) is 0 Å². The fourth-order valence-corrected chi connectivity index (χ4v) is 0.385. The summed E-state index contributed by atoms with van der Waals surface area (Å²) >= 11 is 0. The van der Waals surface area contributed by atoms with Crippen molar-refractivity contribution in [3.05, 3.63) is 36.4 Å². The SMILES string of the molecule is OP(O)O.c1ccccc1. The summed E-state index contributed by atoms with van der Waals surface area (Å²) in [6.45, 7) is 0. The van der Waals surface area contributed by atoms with E-state index in [0.717, 1.165) is 0 Å². The Bertz CT molecular complexity index is 113. The zero-order chi connectivity index (χ0) is 7.82. The molecule has 1 aromatic rings. The molecule has 0 saturated heterocycles. The maximum Gasteiger partial charge on any atom is 0.324 e. The number of hydrogen-bond acceptors (Lipinski definition) is 3. The molecule has 3 nitrogen and oxygen atoms in total. The first-order valence-corrected chi connectivity index (χ1v) is 3.80. The van der Waals surface area contributed by atoms with Crippen molar-refractivity contribution in [3.63, 3.8) is 0 Å². The second-order valence-electron chi connectivity index (χ2n) is 1.42. The van der Waals surface area contributed by atoms with Gasteiger partial charge in [0.2, 0.25) is 0 Å². The third kappa shape index (κ3) is 10.5. The minimum atomic E-state index is -2.62. The predicted octanol–water partition coefficient (Wildman–Crippen LogP) is 0.877. The Morgan fingerprint density at radius 2 is 0.700 bits per heavy atom. The second-order valence-corrected chi connectivity index (χ2v) is 1.96. The molecule has 0 saturated carbocycles. The van der Waals surface area contributed by atoms with Crippen molar-refractivity contribution in [2.45, 2.75) is 0 Å². The van der Waals surface area contributed by atoms with Crippen molar-refractivity contribution in [3.8, 4) is 0 Å². The highest BCUT2D eigenvalue weighted by Crippen LogP contribution is 2.11. The Morgan fingerprint density at radius 1 is 0.600 bits per heavy atom. The van der Waals surface area contributed by atoms with Crippen molar-refractivity contribution in [2.75, 3.05) is 0 Å². The predicted molar refractivity (Wildman–Crippen MR) is 40.0 cm³/mol. The van der Waals surface area contributed by atoms with Gasteiger partial charge in [0.05, 0.1) is 0 Å². The minimum Gasteiger partial charge on any atom is -0.328 e. The summed E-state index contributed by atoms with van der Waals surface area (Å²) in [5, 5.41) is 0. The summed E-state index contributed by atoms with van der Waals surface area (Å²) in [5.41, 5.74) is 0. The van der Waals surface area contributed by atoms with E-state index in [1.165, 1.54) is 0 Å². The largest absolute Gasteiger partial charge is 0.328 e. The number of benzene rings is 1. The molecule has 10 heavy (non-hydrogen) atoms. The molecule has 0 aromatic heterocycles. The van der Waals surface area contributed by atoms with Gasteiger partial charge in [-0.2, -0.15) is 0 Å². The van der Waals surface area contributed by atoms with Gasteiger partial charge in [-0.25, -0.2) is 0 Å². The van der Waals surface area contributed by atoms with E-state index in [9.17, 15) is 0 Å². The summed E-state index contributed by atoms with van der Waals surface area (Å²) in [7, 11) is -2.62. The van der Waals surface area contributed by atoms with Crippen LogP contribution in [-0.4, -0.2) is 14.7 Å². The monoisotopic (exact) mass is 160 g/mol. The number of rotatable bonds is 0. The van der Waals surface area contributed by atoms with Crippen LogP contribution in [0.25, 0.3) is 0 Å². The van der Waals surface area contributed by atoms with Gasteiger partial charge in [0.1, 0.15) is 0 Å². The highest BCUT2D eigenvalue weighted by Gasteiger charge is 1.76. The molecule has 0 spiro atoms. The molecule has 0 unspecified atom stereocenters. The molecule has 1 rings (SSSR count). The molecule has 0 amide bonds. The second kappa shape index (κ2) is 6.65. The quantitative estimate of drug-likeness (QED) is 0.493. The molecule has 0 radical (unpaired) electrons. The van der Waals surface area contributed by atoms with E-state index in [0.29, 0.717) is 0 Å². The first kappa shape index (κ1) is 9.53. The summed E-state index contributed by atoms with van der Waals surface area (Å²) < 4.78 is 0. The Hall–Kier alpha value is -0.470. The smallest absolute Gasteiger partial charge is 0.324 e. The lowest BCUT2D eigenvalue weighted by molar-refractivity contribution is 0.368. The van der Waals surface area contributed by atoms with Crippen LogP contribution in [-0.2, 0) is 0 Å². The van der Waals surface area contributed by atoms with Gasteiger partial charge < -0.3 is 14.7 Å². The third-order valence-corrected chi connectivity index (χ3v) is 0.667. The lowest BCUT2D eigenvalue weighted by Crippen LogP contribution is -1.54. The Labute approximate surface area is 60.6 Å². The molecule has 0 atom stereocenters. The third-order valence-electron chi connectivity index (χ3n) is 0.667. The molecule has 0 aliphatic rings. The zero-order valence-corrected chi connectivity index (χ0v) is 6.15. The Kier molecular flexibility index (Phi) is 6.33. The van der Waals surface area contributed by atoms with E-state index < -0.39 is 8.60 Å². The minimum absolute atomic E-state index is 2.00. The van der Waals surface area contributed by atoms with Gasteiger partial charge in [-0.1, -0.05) is 36.4 Å². The van der Waals surface area contributed by atoms with Crippen molar-refractivity contribution in [1.29, 1.82) is 0 Å². The van der Waals surface area contributed by atoms with E-state index in [1.54, 1.807) is 0 Å². The first-order valence-electron chi connectivity index (χ1n) is 2.60. The van der Waals surface area contributed by atoms with Gasteiger partial charge in [-0.15, -0.1) is 0 Å². The molecule has 3 N–H and O–H groups in total. The average molecular weight is 160 g/mol. The molecule has 0 aliphatic heterocycles. The molecule has 56 valence electrons. The molecular formula is C6H9O3P. The van der Waals surface area contributed by atoms with E-state index in [4.69, 9.17) is 14.7 Å². The molecule has 0 bridgehead atoms. The van der Waals surface area contributed by atoms with E-state index >= 15 is 0 Å². The zero-order valence-electron chi connectivity index (χ0n) is 5.25. The van der Waals surface area contributed by atoms with Crippen molar-refractivity contribution in [2.24, 2.45) is 0 Å². The maximum absolute atomic E-state index is 7.23. The van der Waals surface area contributed by atoms with Gasteiger partial charge >= 0.3 is 8.60 Å². The highest BCUT2D eigenvalue weighted by molar-refractivity contribution is 7.38. The summed E-state index contributed by atoms with van der Waals surface area (Å²) in [4.78, 5) is 21.7. The van der Waals surface area contributed by atoms with Crippen LogP contribution < -0.4 is 0 Å². The average Bonchev–Trinajstić information content (AvgIpc) is 1.90. The van der Waals surface area contributed by atoms with Gasteiger partial charge in [0.25, 0.3) is 0 Å². The molecule has 1 aromatic carbocycles. The lowest BCUT2D eigenvalue weighted by atomic mass is 10.4. The van der Waals surface area contributed by atoms with Crippen molar-refractivity contribution in [1.82, 2.24) is 0 Å². The fourth-order valence-electron chi connectivity index (χ4n) is 0.385. The number of hydrogen-bond donors (Lipinski definition) is 3. The molecule has 0 fully saturated rings. The highest BCUT2D eigenvalue weighted by atomic mass is 31.2. The maximum atomic E-state index is 7.23. The van der Waals surface area contributed by atoms with Crippen LogP contribution in [0.5, 0.6) is 0 Å². The summed E-state index contributed by atoms with van der Waals surface area (Å²) in [5.74, 6) is 0. The molecule has 0 aliphatic carbocycles.